The van der Waals surface area contributed by atoms with Crippen LogP contribution in [0.3, 0.4) is 0 Å². The van der Waals surface area contributed by atoms with Gasteiger partial charge in [-0.3, -0.25) is 37.4 Å². The summed E-state index contributed by atoms with van der Waals surface area (Å²) in [6, 6.07) is 41.9. The smallest absolute Gasteiger partial charge is 0.394 e. The molecule has 8 fully saturated rings. The minimum atomic E-state index is -4.67. The van der Waals surface area contributed by atoms with E-state index in [4.69, 9.17) is 54.0 Å². The molecule has 8 aliphatic heterocycles. The number of hydrogen-bond donors (Lipinski definition) is 8. The van der Waals surface area contributed by atoms with Gasteiger partial charge < -0.3 is 64.4 Å². The van der Waals surface area contributed by atoms with Gasteiger partial charge >= 0.3 is 44.7 Å². The van der Waals surface area contributed by atoms with Gasteiger partial charge in [-0.15, -0.1) is 0 Å². The van der Waals surface area contributed by atoms with Crippen molar-refractivity contribution in [3.05, 3.63) is 144 Å². The Balaban J connectivity index is 0.000000190. The molecule has 8 saturated heterocycles. The Morgan fingerprint density at radius 1 is 0.337 bits per heavy atom. The molecule has 0 aromatic heterocycles. The number of carbonyl (C=O) groups is 4. The van der Waals surface area contributed by atoms with Gasteiger partial charge in [0.05, 0.1) is 26.4 Å². The number of fused-ring (bicyclic) bond motifs is 8. The maximum atomic E-state index is 12.4. The van der Waals surface area contributed by atoms with Crippen LogP contribution in [-0.4, -0.2) is 232 Å². The molecule has 0 spiro atoms. The van der Waals surface area contributed by atoms with Crippen molar-refractivity contribution in [2.75, 3.05) is 54.6 Å². The van der Waals surface area contributed by atoms with Crippen molar-refractivity contribution < 1.29 is 99.1 Å². The van der Waals surface area contributed by atoms with Crippen LogP contribution in [0.25, 0.3) is 0 Å². The van der Waals surface area contributed by atoms with E-state index in [0.29, 0.717) is 48.3 Å². The number of carbonyl (C=O) groups excluding carboxylic acids is 4. The lowest BCUT2D eigenvalue weighted by atomic mass is 9.98. The van der Waals surface area contributed by atoms with Gasteiger partial charge in [-0.1, -0.05) is 121 Å². The summed E-state index contributed by atoms with van der Waals surface area (Å²) in [5, 5.41) is 38.1. The van der Waals surface area contributed by atoms with Gasteiger partial charge in [0.25, 0.3) is 0 Å². The number of ether oxygens (including phenoxy) is 4. The Morgan fingerprint density at radius 2 is 0.474 bits per heavy atom. The molecule has 4 aromatic carbocycles. The van der Waals surface area contributed by atoms with Crippen LogP contribution in [0, 0.1) is 0 Å². The van der Waals surface area contributed by atoms with Crippen molar-refractivity contribution in [1.82, 2.24) is 19.6 Å². The maximum absolute atomic E-state index is 12.4. The van der Waals surface area contributed by atoms with Crippen LogP contribution in [0.2, 0.25) is 0 Å². The van der Waals surface area contributed by atoms with Crippen molar-refractivity contribution >= 4 is 44.7 Å². The predicted octanol–water partition coefficient (Wildman–Crippen LogP) is 5.59. The van der Waals surface area contributed by atoms with Gasteiger partial charge in [0.1, 0.15) is 48.1 Å². The van der Waals surface area contributed by atoms with Crippen molar-refractivity contribution in [2.24, 2.45) is 0 Å². The van der Waals surface area contributed by atoms with Gasteiger partial charge in [-0.2, -0.15) is 16.8 Å². The Kier molecular flexibility index (Phi) is 30.6. The summed E-state index contributed by atoms with van der Waals surface area (Å²) < 4.78 is 86.0. The largest absolute Gasteiger partial charge is 0.462 e. The van der Waals surface area contributed by atoms with Crippen molar-refractivity contribution in [3.8, 4) is 0 Å². The molecule has 528 valence electrons. The van der Waals surface area contributed by atoms with E-state index in [1.807, 2.05) is 121 Å². The Morgan fingerprint density at radius 3 is 0.600 bits per heavy atom. The number of rotatable bonds is 16. The molecule has 12 unspecified atom stereocenters. The fraction of sp³-hybridized carbons (Fsp3) is 0.588. The highest BCUT2D eigenvalue weighted by Crippen LogP contribution is 2.40. The molecule has 12 rings (SSSR count). The lowest BCUT2D eigenvalue weighted by molar-refractivity contribution is -0.156. The van der Waals surface area contributed by atoms with Crippen LogP contribution in [0.15, 0.2) is 121 Å². The van der Waals surface area contributed by atoms with Gasteiger partial charge in [0.2, 0.25) is 0 Å². The van der Waals surface area contributed by atoms with Crippen molar-refractivity contribution in [2.45, 2.75) is 199 Å². The first-order chi connectivity index (χ1) is 44.7. The molecule has 8 aliphatic rings. The second kappa shape index (κ2) is 37.2. The van der Waals surface area contributed by atoms with Gasteiger partial charge in [0.15, 0.2) is 0 Å². The van der Waals surface area contributed by atoms with Crippen LogP contribution >= 0.6 is 0 Å². The fourth-order valence-electron chi connectivity index (χ4n) is 14.8. The number of aliphatic hydroxyl groups is 4. The van der Waals surface area contributed by atoms with Crippen LogP contribution in [0.1, 0.15) is 149 Å². The molecule has 10 N–H and O–H groups in total. The van der Waals surface area contributed by atoms with Crippen LogP contribution in [0.4, 0.5) is 0 Å². The summed E-state index contributed by atoms with van der Waals surface area (Å²) >= 11 is 0. The maximum Gasteiger partial charge on any atom is 0.394 e. The molecule has 0 aliphatic carbocycles. The quantitative estimate of drug-likeness (QED) is 0.0385. The molecule has 25 nitrogen and oxygen atoms in total. The fourth-order valence-corrected chi connectivity index (χ4v) is 14.8. The first kappa shape index (κ1) is 78.1. The van der Waals surface area contributed by atoms with E-state index < -0.39 is 44.5 Å². The van der Waals surface area contributed by atoms with E-state index in [2.05, 4.69) is 47.8 Å². The van der Waals surface area contributed by atoms with E-state index >= 15 is 0 Å². The SMILES string of the molecule is CN1C2CCC1CC(OC(=O)C(CO)c1ccccc1)C2.CN1C2CCC1CC(OC(=O)C(CO)c1ccccc1)C2.CN1C2CCC1CC(OC(=O)C(CO)c1ccccc1)C2.CN1C2CCC1CC(OC(=O)C(CO)c1ccccc1)C2.O.O=S(=O)(O)O.O=S(=O)(O)O. The summed E-state index contributed by atoms with van der Waals surface area (Å²) in [5.41, 5.74) is 3.28. The molecule has 95 heavy (non-hydrogen) atoms. The molecule has 0 amide bonds. The van der Waals surface area contributed by atoms with E-state index in [-0.39, 0.29) is 80.2 Å². The third-order valence-corrected chi connectivity index (χ3v) is 20.0. The second-order valence-electron chi connectivity index (χ2n) is 25.8. The normalized spacial score (nSPS) is 27.8. The van der Waals surface area contributed by atoms with Gasteiger partial charge in [0, 0.05) is 48.3 Å². The zero-order chi connectivity index (χ0) is 68.3. The topological polar surface area (TPSA) is 380 Å². The lowest BCUT2D eigenvalue weighted by Crippen LogP contribution is -2.43. The van der Waals surface area contributed by atoms with E-state index in [1.165, 1.54) is 51.4 Å². The summed E-state index contributed by atoms with van der Waals surface area (Å²) in [6.45, 7) is -0.824. The molecule has 4 aromatic rings. The first-order valence-corrected chi connectivity index (χ1v) is 35.3. The van der Waals surface area contributed by atoms with Crippen molar-refractivity contribution in [3.63, 3.8) is 0 Å². The van der Waals surface area contributed by atoms with Gasteiger partial charge in [-0.25, -0.2) is 0 Å². The van der Waals surface area contributed by atoms with Crippen LogP contribution < -0.4 is 0 Å². The lowest BCUT2D eigenvalue weighted by Gasteiger charge is -2.36. The Labute approximate surface area is 558 Å². The molecular formula is C68H98N4O21S2. The number of hydrogen-bond acceptors (Lipinski definition) is 20. The molecule has 8 heterocycles. The van der Waals surface area contributed by atoms with E-state index in [0.717, 1.165) is 73.6 Å². The summed E-state index contributed by atoms with van der Waals surface area (Å²) in [6.07, 6.45) is 17.0. The van der Waals surface area contributed by atoms with Crippen LogP contribution in [0.5, 0.6) is 0 Å². The highest BCUT2D eigenvalue weighted by atomic mass is 32.3. The van der Waals surface area contributed by atoms with Gasteiger partial charge in [-0.05, 0) is 153 Å². The summed E-state index contributed by atoms with van der Waals surface area (Å²) in [4.78, 5) is 59.1. The number of aliphatic hydroxyl groups excluding tert-OH is 4. The van der Waals surface area contributed by atoms with Crippen LogP contribution in [-0.2, 0) is 58.9 Å². The monoisotopic (exact) mass is 1370 g/mol. The second-order valence-corrected chi connectivity index (χ2v) is 27.6. The predicted molar refractivity (Wildman–Crippen MR) is 352 cm³/mol. The minimum Gasteiger partial charge on any atom is -0.462 e. The van der Waals surface area contributed by atoms with Crippen molar-refractivity contribution in [1.29, 1.82) is 0 Å². The molecule has 8 bridgehead atoms. The Bertz CT molecular complexity index is 2750. The Hall–Kier alpha value is -5.86. The number of esters is 4. The third kappa shape index (κ3) is 23.7. The third-order valence-electron chi connectivity index (χ3n) is 20.0. The highest BCUT2D eigenvalue weighted by molar-refractivity contribution is 7.80. The average molecular weight is 1370 g/mol. The average Bonchev–Trinajstić information content (AvgIpc) is 1.75. The molecule has 12 atom stereocenters. The standard InChI is InChI=1S/4C17H23NO3.2H2O4S.H2O/c4*1-18-13-7-8-14(18)10-15(9-13)21-17(20)16(11-19)12-5-3-2-4-6-12;2*1-5(2,3)4;/h4*2-6,13-16,19H,7-11H2,1H3;2*(H2,1,2,3,4);1H2. The number of benzene rings is 4. The first-order valence-electron chi connectivity index (χ1n) is 32.5. The minimum absolute atomic E-state index is 0. The number of nitrogens with zero attached hydrogens (tertiary/aromatic N) is 4. The summed E-state index contributed by atoms with van der Waals surface area (Å²) in [7, 11) is -0.663. The van der Waals surface area contributed by atoms with E-state index in [1.54, 1.807) is 0 Å². The highest BCUT2D eigenvalue weighted by Gasteiger charge is 2.44. The molecule has 27 heteroatoms. The number of piperidine rings is 4. The molecular weight excluding hydrogens is 1270 g/mol. The summed E-state index contributed by atoms with van der Waals surface area (Å²) in [5.74, 6) is -3.44. The zero-order valence-electron chi connectivity index (χ0n) is 54.5. The zero-order valence-corrected chi connectivity index (χ0v) is 56.1. The molecule has 0 saturated carbocycles. The van der Waals surface area contributed by atoms with E-state index in [9.17, 15) is 39.6 Å². The molecule has 0 radical (unpaired) electrons.